The van der Waals surface area contributed by atoms with Crippen molar-refractivity contribution in [3.63, 3.8) is 0 Å². The number of benzene rings is 1. The zero-order valence-corrected chi connectivity index (χ0v) is 11.8. The predicted molar refractivity (Wildman–Crippen MR) is 81.0 cm³/mol. The van der Waals surface area contributed by atoms with Crippen molar-refractivity contribution in [3.05, 3.63) is 59.3 Å². The van der Waals surface area contributed by atoms with Crippen LogP contribution in [-0.4, -0.2) is 24.5 Å². The molecule has 0 atom stereocenters. The number of carbonyl (C=O) groups excluding carboxylic acids is 1. The quantitative estimate of drug-likeness (QED) is 0.876. The van der Waals surface area contributed by atoms with Crippen molar-refractivity contribution in [3.8, 4) is 0 Å². The Labute approximate surface area is 119 Å². The van der Waals surface area contributed by atoms with Crippen LogP contribution in [0.4, 0.5) is 5.82 Å². The molecule has 1 aromatic heterocycles. The normalized spacial score (nSPS) is 10.1. The van der Waals surface area contributed by atoms with Crippen molar-refractivity contribution in [2.45, 2.75) is 13.3 Å². The van der Waals surface area contributed by atoms with Crippen LogP contribution in [0.1, 0.15) is 21.6 Å². The third-order valence-electron chi connectivity index (χ3n) is 3.02. The molecule has 4 nitrogen and oxygen atoms in total. The van der Waals surface area contributed by atoms with Gasteiger partial charge in [0.2, 0.25) is 0 Å². The zero-order chi connectivity index (χ0) is 14.4. The first-order chi connectivity index (χ1) is 9.69. The summed E-state index contributed by atoms with van der Waals surface area (Å²) in [6, 6.07) is 13.6. The van der Waals surface area contributed by atoms with E-state index in [2.05, 4.69) is 40.7 Å². The highest BCUT2D eigenvalue weighted by Gasteiger charge is 2.06. The molecule has 20 heavy (non-hydrogen) atoms. The summed E-state index contributed by atoms with van der Waals surface area (Å²) in [5.74, 6) is 0.547. The highest BCUT2D eigenvalue weighted by atomic mass is 16.1. The molecule has 104 valence electrons. The van der Waals surface area contributed by atoms with E-state index < -0.39 is 0 Å². The molecule has 0 aliphatic rings. The molecule has 0 fully saturated rings. The van der Waals surface area contributed by atoms with Crippen LogP contribution in [0.15, 0.2) is 42.5 Å². The topological polar surface area (TPSA) is 54.0 Å². The van der Waals surface area contributed by atoms with Crippen molar-refractivity contribution in [2.75, 3.05) is 18.9 Å². The number of nitrogens with one attached hydrogen (secondary N) is 2. The van der Waals surface area contributed by atoms with E-state index in [9.17, 15) is 4.79 Å². The van der Waals surface area contributed by atoms with E-state index in [0.29, 0.717) is 18.1 Å². The molecule has 1 heterocycles. The number of nitrogens with zero attached hydrogens (tertiary/aromatic N) is 1. The minimum atomic E-state index is -0.144. The lowest BCUT2D eigenvalue weighted by molar-refractivity contribution is 0.0949. The molecule has 1 amide bonds. The van der Waals surface area contributed by atoms with E-state index in [4.69, 9.17) is 0 Å². The predicted octanol–water partition coefficient (Wildman–Crippen LogP) is 2.40. The van der Waals surface area contributed by atoms with E-state index in [1.54, 1.807) is 13.1 Å². The molecule has 0 radical (unpaired) electrons. The Hall–Kier alpha value is -2.36. The Kier molecular flexibility index (Phi) is 4.71. The fraction of sp³-hybridized carbons (Fsp3) is 0.250. The standard InChI is InChI=1S/C16H19N3O/c1-12-5-3-6-13(11-12)9-10-18-16(20)14-7-4-8-15(17-2)19-14/h3-8,11H,9-10H2,1-2H3,(H,17,19)(H,18,20). The zero-order valence-electron chi connectivity index (χ0n) is 11.8. The van der Waals surface area contributed by atoms with Crippen molar-refractivity contribution in [1.29, 1.82) is 0 Å². The van der Waals surface area contributed by atoms with E-state index in [1.807, 2.05) is 18.2 Å². The number of hydrogen-bond acceptors (Lipinski definition) is 3. The molecule has 1 aromatic carbocycles. The third kappa shape index (κ3) is 3.82. The molecule has 0 bridgehead atoms. The number of aromatic nitrogens is 1. The molecule has 0 unspecified atom stereocenters. The lowest BCUT2D eigenvalue weighted by Gasteiger charge is -2.06. The molecule has 0 aliphatic carbocycles. The van der Waals surface area contributed by atoms with Gasteiger partial charge in [-0.25, -0.2) is 4.98 Å². The van der Waals surface area contributed by atoms with Gasteiger partial charge in [0.05, 0.1) is 0 Å². The Bertz CT molecular complexity index is 596. The van der Waals surface area contributed by atoms with Crippen LogP contribution in [0.2, 0.25) is 0 Å². The summed E-state index contributed by atoms with van der Waals surface area (Å²) >= 11 is 0. The van der Waals surface area contributed by atoms with Gasteiger partial charge >= 0.3 is 0 Å². The summed E-state index contributed by atoms with van der Waals surface area (Å²) in [5.41, 5.74) is 2.89. The first-order valence-electron chi connectivity index (χ1n) is 6.67. The molecule has 0 saturated carbocycles. The number of aryl methyl sites for hydroxylation is 1. The number of hydrogen-bond donors (Lipinski definition) is 2. The van der Waals surface area contributed by atoms with Gasteiger partial charge in [0.1, 0.15) is 11.5 Å². The molecular formula is C16H19N3O. The van der Waals surface area contributed by atoms with E-state index in [1.165, 1.54) is 11.1 Å². The van der Waals surface area contributed by atoms with E-state index in [-0.39, 0.29) is 5.91 Å². The summed E-state index contributed by atoms with van der Waals surface area (Å²) in [6.07, 6.45) is 0.819. The molecular weight excluding hydrogens is 250 g/mol. The van der Waals surface area contributed by atoms with Gasteiger partial charge in [-0.3, -0.25) is 4.79 Å². The number of pyridine rings is 1. The average molecular weight is 269 g/mol. The van der Waals surface area contributed by atoms with Crippen LogP contribution in [0.5, 0.6) is 0 Å². The maximum absolute atomic E-state index is 12.0. The van der Waals surface area contributed by atoms with Crippen molar-refractivity contribution in [1.82, 2.24) is 10.3 Å². The molecule has 0 saturated heterocycles. The fourth-order valence-electron chi connectivity index (χ4n) is 1.98. The molecule has 0 spiro atoms. The SMILES string of the molecule is CNc1cccc(C(=O)NCCc2cccc(C)c2)n1. The number of amides is 1. The number of anilines is 1. The monoisotopic (exact) mass is 269 g/mol. The Balaban J connectivity index is 1.89. The number of carbonyl (C=O) groups is 1. The Morgan fingerprint density at radius 1 is 1.20 bits per heavy atom. The molecule has 2 N–H and O–H groups in total. The molecule has 0 aliphatic heterocycles. The van der Waals surface area contributed by atoms with Gasteiger partial charge < -0.3 is 10.6 Å². The molecule has 4 heteroatoms. The third-order valence-corrected chi connectivity index (χ3v) is 3.02. The van der Waals surface area contributed by atoms with E-state index in [0.717, 1.165) is 6.42 Å². The smallest absolute Gasteiger partial charge is 0.269 e. The second-order valence-corrected chi connectivity index (χ2v) is 4.65. The average Bonchev–Trinajstić information content (AvgIpc) is 2.47. The van der Waals surface area contributed by atoms with Crippen LogP contribution in [0, 0.1) is 6.92 Å². The summed E-state index contributed by atoms with van der Waals surface area (Å²) in [5, 5.41) is 5.81. The second-order valence-electron chi connectivity index (χ2n) is 4.65. The van der Waals surface area contributed by atoms with Crippen molar-refractivity contribution < 1.29 is 4.79 Å². The van der Waals surface area contributed by atoms with Crippen LogP contribution < -0.4 is 10.6 Å². The Morgan fingerprint density at radius 2 is 2.00 bits per heavy atom. The van der Waals surface area contributed by atoms with Crippen LogP contribution in [0.3, 0.4) is 0 Å². The highest BCUT2D eigenvalue weighted by Crippen LogP contribution is 2.05. The fourth-order valence-corrected chi connectivity index (χ4v) is 1.98. The van der Waals surface area contributed by atoms with Crippen LogP contribution in [0.25, 0.3) is 0 Å². The van der Waals surface area contributed by atoms with Gasteiger partial charge in [0.15, 0.2) is 0 Å². The minimum Gasteiger partial charge on any atom is -0.373 e. The first-order valence-corrected chi connectivity index (χ1v) is 6.67. The van der Waals surface area contributed by atoms with Crippen molar-refractivity contribution >= 4 is 11.7 Å². The highest BCUT2D eigenvalue weighted by molar-refractivity contribution is 5.92. The van der Waals surface area contributed by atoms with Gasteiger partial charge in [-0.05, 0) is 31.0 Å². The van der Waals surface area contributed by atoms with Gasteiger partial charge in [0, 0.05) is 13.6 Å². The van der Waals surface area contributed by atoms with Crippen molar-refractivity contribution in [2.24, 2.45) is 0 Å². The van der Waals surface area contributed by atoms with Gasteiger partial charge in [-0.1, -0.05) is 35.9 Å². The lowest BCUT2D eigenvalue weighted by atomic mass is 10.1. The largest absolute Gasteiger partial charge is 0.373 e. The van der Waals surface area contributed by atoms with E-state index >= 15 is 0 Å². The minimum absolute atomic E-state index is 0.144. The van der Waals surface area contributed by atoms with Gasteiger partial charge in [-0.2, -0.15) is 0 Å². The second kappa shape index (κ2) is 6.70. The maximum atomic E-state index is 12.0. The van der Waals surface area contributed by atoms with Gasteiger partial charge in [-0.15, -0.1) is 0 Å². The van der Waals surface area contributed by atoms with Gasteiger partial charge in [0.25, 0.3) is 5.91 Å². The molecule has 2 rings (SSSR count). The maximum Gasteiger partial charge on any atom is 0.269 e. The summed E-state index contributed by atoms with van der Waals surface area (Å²) in [7, 11) is 1.78. The summed E-state index contributed by atoms with van der Waals surface area (Å²) in [6.45, 7) is 2.67. The number of rotatable bonds is 5. The van der Waals surface area contributed by atoms with Crippen LogP contribution >= 0.6 is 0 Å². The summed E-state index contributed by atoms with van der Waals surface area (Å²) in [4.78, 5) is 16.2. The lowest BCUT2D eigenvalue weighted by Crippen LogP contribution is -2.26. The first kappa shape index (κ1) is 14.1. The summed E-state index contributed by atoms with van der Waals surface area (Å²) < 4.78 is 0. The molecule has 2 aromatic rings. The van der Waals surface area contributed by atoms with Crippen LogP contribution in [-0.2, 0) is 6.42 Å². The Morgan fingerprint density at radius 3 is 2.75 bits per heavy atom.